The van der Waals surface area contributed by atoms with Gasteiger partial charge in [-0.3, -0.25) is 4.99 Å². The van der Waals surface area contributed by atoms with Gasteiger partial charge in [0.15, 0.2) is 0 Å². The normalized spacial score (nSPS) is 10.9. The Hall–Kier alpha value is -2.11. The first-order chi connectivity index (χ1) is 12.7. The molecule has 0 aliphatic heterocycles. The maximum Gasteiger partial charge on any atom is 0.142 e. The van der Waals surface area contributed by atoms with Crippen molar-refractivity contribution in [3.05, 3.63) is 86.8 Å². The van der Waals surface area contributed by atoms with Crippen molar-refractivity contribution in [1.82, 2.24) is 0 Å². The van der Waals surface area contributed by atoms with Gasteiger partial charge < -0.3 is 9.47 Å². The Kier molecular flexibility index (Phi) is 6.47. The van der Waals surface area contributed by atoms with Gasteiger partial charge in [0.2, 0.25) is 0 Å². The standard InChI is InChI=1S/C21H17Br2NO2/c1-25-19-9-7-18(8-10-19)24-13-16-11-17(22)12-20(23)21(16)26-14-15-5-3-2-4-6-15/h2-13H,14H2,1H3. The average molecular weight is 475 g/mol. The highest BCUT2D eigenvalue weighted by Gasteiger charge is 2.09. The smallest absolute Gasteiger partial charge is 0.142 e. The van der Waals surface area contributed by atoms with E-state index in [0.29, 0.717) is 6.61 Å². The van der Waals surface area contributed by atoms with Crippen LogP contribution in [0.15, 0.2) is 80.7 Å². The predicted octanol–water partition coefficient (Wildman–Crippen LogP) is 6.55. The molecule has 3 aromatic rings. The maximum atomic E-state index is 6.05. The van der Waals surface area contributed by atoms with E-state index in [2.05, 4.69) is 36.9 Å². The van der Waals surface area contributed by atoms with E-state index in [1.165, 1.54) is 0 Å². The summed E-state index contributed by atoms with van der Waals surface area (Å²) in [6.45, 7) is 0.491. The van der Waals surface area contributed by atoms with Crippen LogP contribution in [0.4, 0.5) is 5.69 Å². The van der Waals surface area contributed by atoms with Crippen LogP contribution in [0, 0.1) is 0 Å². The highest BCUT2D eigenvalue weighted by Crippen LogP contribution is 2.33. The Morgan fingerprint density at radius 1 is 0.962 bits per heavy atom. The molecule has 0 amide bonds. The van der Waals surface area contributed by atoms with Crippen LogP contribution in [-0.4, -0.2) is 13.3 Å². The van der Waals surface area contributed by atoms with Gasteiger partial charge in [-0.1, -0.05) is 46.3 Å². The van der Waals surface area contributed by atoms with Crippen LogP contribution in [0.25, 0.3) is 0 Å². The van der Waals surface area contributed by atoms with Crippen molar-refractivity contribution in [3.63, 3.8) is 0 Å². The van der Waals surface area contributed by atoms with Gasteiger partial charge in [0, 0.05) is 16.3 Å². The van der Waals surface area contributed by atoms with Gasteiger partial charge in [0.1, 0.15) is 18.1 Å². The van der Waals surface area contributed by atoms with Crippen LogP contribution in [0.2, 0.25) is 0 Å². The number of nitrogens with zero attached hydrogens (tertiary/aromatic N) is 1. The van der Waals surface area contributed by atoms with Crippen LogP contribution in [0.1, 0.15) is 11.1 Å². The van der Waals surface area contributed by atoms with Crippen LogP contribution in [0.3, 0.4) is 0 Å². The van der Waals surface area contributed by atoms with Gasteiger partial charge in [-0.05, 0) is 57.9 Å². The van der Waals surface area contributed by atoms with Gasteiger partial charge in [-0.2, -0.15) is 0 Å². The molecule has 3 aromatic carbocycles. The third-order valence-electron chi connectivity index (χ3n) is 3.69. The quantitative estimate of drug-likeness (QED) is 0.379. The first-order valence-corrected chi connectivity index (χ1v) is 9.58. The molecular formula is C21H17Br2NO2. The minimum Gasteiger partial charge on any atom is -0.497 e. The van der Waals surface area contributed by atoms with Crippen molar-refractivity contribution in [2.24, 2.45) is 4.99 Å². The molecule has 0 N–H and O–H groups in total. The molecule has 0 atom stereocenters. The van der Waals surface area contributed by atoms with Crippen molar-refractivity contribution in [2.45, 2.75) is 6.61 Å². The Morgan fingerprint density at radius 3 is 2.38 bits per heavy atom. The first-order valence-electron chi connectivity index (χ1n) is 7.99. The molecule has 0 aromatic heterocycles. The molecule has 0 spiro atoms. The zero-order valence-electron chi connectivity index (χ0n) is 14.2. The molecule has 3 nitrogen and oxygen atoms in total. The summed E-state index contributed by atoms with van der Waals surface area (Å²) in [6, 6.07) is 21.6. The number of methoxy groups -OCH3 is 1. The molecule has 0 unspecified atom stereocenters. The molecule has 3 rings (SSSR count). The van der Waals surface area contributed by atoms with Gasteiger partial charge >= 0.3 is 0 Å². The summed E-state index contributed by atoms with van der Waals surface area (Å²) in [5, 5.41) is 0. The summed E-state index contributed by atoms with van der Waals surface area (Å²) >= 11 is 7.11. The van der Waals surface area contributed by atoms with Crippen molar-refractivity contribution in [3.8, 4) is 11.5 Å². The lowest BCUT2D eigenvalue weighted by Gasteiger charge is -2.12. The van der Waals surface area contributed by atoms with Crippen LogP contribution in [0.5, 0.6) is 11.5 Å². The van der Waals surface area contributed by atoms with Crippen LogP contribution < -0.4 is 9.47 Å². The van der Waals surface area contributed by atoms with Crippen LogP contribution in [-0.2, 0) is 6.61 Å². The fourth-order valence-electron chi connectivity index (χ4n) is 2.37. The average Bonchev–Trinajstić information content (AvgIpc) is 2.66. The number of aliphatic imine (C=N–C) groups is 1. The third-order valence-corrected chi connectivity index (χ3v) is 4.74. The molecule has 0 saturated heterocycles. The molecule has 132 valence electrons. The molecule has 26 heavy (non-hydrogen) atoms. The molecular weight excluding hydrogens is 458 g/mol. The monoisotopic (exact) mass is 473 g/mol. The number of hydrogen-bond donors (Lipinski definition) is 0. The molecule has 0 fully saturated rings. The van der Waals surface area contributed by atoms with Crippen LogP contribution >= 0.6 is 31.9 Å². The number of halogens is 2. The zero-order chi connectivity index (χ0) is 18.4. The van der Waals surface area contributed by atoms with E-state index < -0.39 is 0 Å². The van der Waals surface area contributed by atoms with Gasteiger partial charge in [-0.25, -0.2) is 0 Å². The molecule has 0 bridgehead atoms. The largest absolute Gasteiger partial charge is 0.497 e. The number of hydrogen-bond acceptors (Lipinski definition) is 3. The van der Waals surface area contributed by atoms with E-state index in [0.717, 1.165) is 37.3 Å². The maximum absolute atomic E-state index is 6.05. The van der Waals surface area contributed by atoms with E-state index in [-0.39, 0.29) is 0 Å². The molecule has 0 aliphatic rings. The molecule has 0 radical (unpaired) electrons. The Balaban J connectivity index is 1.83. The summed E-state index contributed by atoms with van der Waals surface area (Å²) in [5.41, 5.74) is 2.84. The lowest BCUT2D eigenvalue weighted by atomic mass is 10.2. The Labute approximate surface area is 169 Å². The molecule has 5 heteroatoms. The Bertz CT molecular complexity index is 894. The van der Waals surface area contributed by atoms with Gasteiger partial charge in [-0.15, -0.1) is 0 Å². The first kappa shape index (κ1) is 18.7. The fraction of sp³-hybridized carbons (Fsp3) is 0.0952. The molecule has 0 aliphatic carbocycles. The van der Waals surface area contributed by atoms with Crippen molar-refractivity contribution >= 4 is 43.8 Å². The van der Waals surface area contributed by atoms with Crippen molar-refractivity contribution < 1.29 is 9.47 Å². The minimum atomic E-state index is 0.491. The summed E-state index contributed by atoms with van der Waals surface area (Å²) in [7, 11) is 1.65. The van der Waals surface area contributed by atoms with E-state index >= 15 is 0 Å². The lowest BCUT2D eigenvalue weighted by molar-refractivity contribution is 0.304. The van der Waals surface area contributed by atoms with Crippen molar-refractivity contribution in [2.75, 3.05) is 7.11 Å². The predicted molar refractivity (Wildman–Crippen MR) is 113 cm³/mol. The van der Waals surface area contributed by atoms with Gasteiger partial charge in [0.25, 0.3) is 0 Å². The number of ether oxygens (including phenoxy) is 2. The topological polar surface area (TPSA) is 30.8 Å². The van der Waals surface area contributed by atoms with E-state index in [1.54, 1.807) is 13.3 Å². The summed E-state index contributed by atoms with van der Waals surface area (Å²) in [6.07, 6.45) is 1.80. The molecule has 0 heterocycles. The summed E-state index contributed by atoms with van der Waals surface area (Å²) in [5.74, 6) is 1.57. The van der Waals surface area contributed by atoms with Gasteiger partial charge in [0.05, 0.1) is 17.3 Å². The summed E-state index contributed by atoms with van der Waals surface area (Å²) in [4.78, 5) is 4.55. The summed E-state index contributed by atoms with van der Waals surface area (Å²) < 4.78 is 13.1. The second-order valence-electron chi connectivity index (χ2n) is 5.54. The SMILES string of the molecule is COc1ccc(N=Cc2cc(Br)cc(Br)c2OCc2ccccc2)cc1. The van der Waals surface area contributed by atoms with E-state index in [9.17, 15) is 0 Å². The highest BCUT2D eigenvalue weighted by atomic mass is 79.9. The van der Waals surface area contributed by atoms with Crippen molar-refractivity contribution in [1.29, 1.82) is 0 Å². The second-order valence-corrected chi connectivity index (χ2v) is 7.31. The lowest BCUT2D eigenvalue weighted by Crippen LogP contribution is -1.99. The highest BCUT2D eigenvalue weighted by molar-refractivity contribution is 9.11. The number of benzene rings is 3. The molecule has 0 saturated carbocycles. The minimum absolute atomic E-state index is 0.491. The third kappa shape index (κ3) is 4.96. The number of rotatable bonds is 6. The fourth-order valence-corrected chi connectivity index (χ4v) is 3.74. The van der Waals surface area contributed by atoms with E-state index in [4.69, 9.17) is 9.47 Å². The zero-order valence-corrected chi connectivity index (χ0v) is 17.3. The Morgan fingerprint density at radius 2 is 1.69 bits per heavy atom. The second kappa shape index (κ2) is 9.01. The van der Waals surface area contributed by atoms with E-state index in [1.807, 2.05) is 66.7 Å².